The number of aliphatic hydroxyl groups excluding tert-OH is 2. The predicted octanol–water partition coefficient (Wildman–Crippen LogP) is 5.43. The molecule has 1 amide bonds. The minimum atomic E-state index is -0.226. The lowest BCUT2D eigenvalue weighted by Crippen LogP contribution is -2.58. The highest BCUT2D eigenvalue weighted by atomic mass is 16.3. The third-order valence-electron chi connectivity index (χ3n) is 11.2. The van der Waals surface area contributed by atoms with Gasteiger partial charge in [0.25, 0.3) is 0 Å². The Morgan fingerprint density at radius 2 is 1.85 bits per heavy atom. The van der Waals surface area contributed by atoms with Crippen molar-refractivity contribution in [3.05, 3.63) is 24.4 Å². The number of nitrogens with one attached hydrogen (secondary N) is 1. The summed E-state index contributed by atoms with van der Waals surface area (Å²) in [6.07, 6.45) is 11.4. The van der Waals surface area contributed by atoms with Crippen molar-refractivity contribution < 1.29 is 15.0 Å². The molecule has 4 aliphatic rings. The summed E-state index contributed by atoms with van der Waals surface area (Å²) in [6.45, 7) is 7.32. The van der Waals surface area contributed by atoms with Gasteiger partial charge in [-0.15, -0.1) is 0 Å². The van der Waals surface area contributed by atoms with Gasteiger partial charge in [-0.2, -0.15) is 0 Å². The summed E-state index contributed by atoms with van der Waals surface area (Å²) in [5, 5.41) is 24.6. The van der Waals surface area contributed by atoms with Crippen LogP contribution in [0.3, 0.4) is 0 Å². The molecule has 10 atom stereocenters. The highest BCUT2D eigenvalue weighted by Crippen LogP contribution is 2.68. The average molecular weight is 469 g/mol. The first-order valence-electron chi connectivity index (χ1n) is 13.8. The van der Waals surface area contributed by atoms with Gasteiger partial charge in [0, 0.05) is 12.6 Å². The minimum absolute atomic E-state index is 0.0510. The number of hydrogen-bond donors (Lipinski definition) is 3. The number of carbonyl (C=O) groups is 1. The summed E-state index contributed by atoms with van der Waals surface area (Å²) < 4.78 is 0. The predicted molar refractivity (Wildman–Crippen MR) is 134 cm³/mol. The molecule has 5 nitrogen and oxygen atoms in total. The van der Waals surface area contributed by atoms with Crippen LogP contribution in [-0.4, -0.2) is 33.3 Å². The van der Waals surface area contributed by atoms with Crippen molar-refractivity contribution in [3.8, 4) is 0 Å². The Labute approximate surface area is 205 Å². The van der Waals surface area contributed by atoms with E-state index >= 15 is 0 Å². The molecule has 34 heavy (non-hydrogen) atoms. The van der Waals surface area contributed by atoms with Gasteiger partial charge in [0.05, 0.1) is 12.2 Å². The van der Waals surface area contributed by atoms with Crippen LogP contribution in [0, 0.1) is 46.3 Å². The van der Waals surface area contributed by atoms with Crippen LogP contribution in [-0.2, 0) is 4.79 Å². The zero-order valence-electron chi connectivity index (χ0n) is 21.2. The van der Waals surface area contributed by atoms with Gasteiger partial charge in [0.1, 0.15) is 5.82 Å². The number of rotatable bonds is 5. The first-order chi connectivity index (χ1) is 16.2. The maximum atomic E-state index is 12.5. The fraction of sp³-hybridized carbons (Fsp3) is 0.793. The maximum Gasteiger partial charge on any atom is 0.225 e. The van der Waals surface area contributed by atoms with Gasteiger partial charge in [-0.05, 0) is 116 Å². The van der Waals surface area contributed by atoms with Crippen LogP contribution < -0.4 is 5.32 Å². The topological polar surface area (TPSA) is 82.5 Å². The molecule has 0 aromatic carbocycles. The number of pyridine rings is 1. The molecule has 0 radical (unpaired) electrons. The van der Waals surface area contributed by atoms with Crippen LogP contribution in [0.5, 0.6) is 0 Å². The van der Waals surface area contributed by atoms with Crippen molar-refractivity contribution in [2.24, 2.45) is 46.3 Å². The molecule has 0 saturated heterocycles. The van der Waals surface area contributed by atoms with E-state index in [1.807, 2.05) is 18.2 Å². The highest BCUT2D eigenvalue weighted by Gasteiger charge is 2.62. The molecule has 1 heterocycles. The quantitative estimate of drug-likeness (QED) is 0.538. The molecule has 4 fully saturated rings. The Kier molecular flexibility index (Phi) is 6.56. The fourth-order valence-electron chi connectivity index (χ4n) is 9.38. The van der Waals surface area contributed by atoms with Crippen molar-refractivity contribution in [1.82, 2.24) is 4.98 Å². The minimum Gasteiger partial charge on any atom is -0.393 e. The van der Waals surface area contributed by atoms with Crippen LogP contribution in [0.4, 0.5) is 5.82 Å². The molecule has 0 unspecified atom stereocenters. The standard InChI is InChI=1S/C29H44N2O3/c1-18(7-10-26(34)31-25-6-4-5-15-30-25)21-8-9-22-27-23(12-14-29(21,22)3)28(2)13-11-20(32)16-19(28)17-24(27)33/h4-6,15,18-24,27,32-33H,7-14,16-17H2,1-3H3,(H,30,31,34)/t18-,19+,20-,21-,22+,23+,24+,27+,28+,29-/m1/s1. The van der Waals surface area contributed by atoms with Crippen molar-refractivity contribution >= 4 is 11.7 Å². The summed E-state index contributed by atoms with van der Waals surface area (Å²) in [6, 6.07) is 5.57. The number of carbonyl (C=O) groups excluding carboxylic acids is 1. The lowest BCUT2D eigenvalue weighted by molar-refractivity contribution is -0.174. The second-order valence-electron chi connectivity index (χ2n) is 12.7. The Morgan fingerprint density at radius 3 is 2.62 bits per heavy atom. The van der Waals surface area contributed by atoms with E-state index in [0.717, 1.165) is 32.1 Å². The van der Waals surface area contributed by atoms with E-state index in [9.17, 15) is 15.0 Å². The van der Waals surface area contributed by atoms with E-state index in [1.165, 1.54) is 25.7 Å². The van der Waals surface area contributed by atoms with Crippen molar-refractivity contribution in [1.29, 1.82) is 0 Å². The maximum absolute atomic E-state index is 12.5. The zero-order valence-corrected chi connectivity index (χ0v) is 21.2. The second-order valence-corrected chi connectivity index (χ2v) is 12.7. The van der Waals surface area contributed by atoms with Crippen molar-refractivity contribution in [2.75, 3.05) is 5.32 Å². The Morgan fingerprint density at radius 1 is 1.09 bits per heavy atom. The molecule has 0 aliphatic heterocycles. The third kappa shape index (κ3) is 4.11. The van der Waals surface area contributed by atoms with Gasteiger partial charge in [0.15, 0.2) is 0 Å². The lowest BCUT2D eigenvalue weighted by Gasteiger charge is -2.62. The van der Waals surface area contributed by atoms with Crippen LogP contribution >= 0.6 is 0 Å². The molecule has 5 heteroatoms. The van der Waals surface area contributed by atoms with Gasteiger partial charge in [-0.3, -0.25) is 4.79 Å². The Bertz CT molecular complexity index is 877. The van der Waals surface area contributed by atoms with E-state index in [2.05, 4.69) is 31.1 Å². The average Bonchev–Trinajstić information content (AvgIpc) is 3.16. The molecule has 188 valence electrons. The summed E-state index contributed by atoms with van der Waals surface area (Å²) in [5.41, 5.74) is 0.536. The van der Waals surface area contributed by atoms with Gasteiger partial charge in [-0.25, -0.2) is 4.98 Å². The molecule has 1 aromatic heterocycles. The molecular weight excluding hydrogens is 424 g/mol. The number of fused-ring (bicyclic) bond motifs is 5. The van der Waals surface area contributed by atoms with E-state index in [4.69, 9.17) is 0 Å². The SMILES string of the molecule is C[C@H](CCC(=O)Nc1ccccn1)[C@H]1CC[C@H]2[C@@H]3[C@@H](O)C[C@@H]4C[C@H](O)CC[C@]4(C)[C@H]3CC[C@]12C. The molecule has 5 rings (SSSR count). The van der Waals surface area contributed by atoms with Crippen LogP contribution in [0.15, 0.2) is 24.4 Å². The number of aliphatic hydroxyl groups is 2. The molecule has 1 aromatic rings. The van der Waals surface area contributed by atoms with Crippen LogP contribution in [0.1, 0.15) is 85.0 Å². The van der Waals surface area contributed by atoms with Gasteiger partial charge < -0.3 is 15.5 Å². The van der Waals surface area contributed by atoms with Crippen molar-refractivity contribution in [2.45, 2.75) is 97.2 Å². The molecular formula is C29H44N2O3. The third-order valence-corrected chi connectivity index (χ3v) is 11.2. The lowest BCUT2D eigenvalue weighted by atomic mass is 9.43. The molecule has 3 N–H and O–H groups in total. The van der Waals surface area contributed by atoms with Gasteiger partial charge in [0.2, 0.25) is 5.91 Å². The van der Waals surface area contributed by atoms with Crippen molar-refractivity contribution in [3.63, 3.8) is 0 Å². The Balaban J connectivity index is 1.25. The molecule has 0 bridgehead atoms. The molecule has 0 spiro atoms. The van der Waals surface area contributed by atoms with E-state index in [-0.39, 0.29) is 28.9 Å². The second kappa shape index (κ2) is 9.20. The zero-order chi connectivity index (χ0) is 24.1. The number of nitrogens with zero attached hydrogens (tertiary/aromatic N) is 1. The smallest absolute Gasteiger partial charge is 0.225 e. The Hall–Kier alpha value is -1.46. The van der Waals surface area contributed by atoms with Gasteiger partial charge in [-0.1, -0.05) is 26.8 Å². The summed E-state index contributed by atoms with van der Waals surface area (Å²) >= 11 is 0. The number of aromatic nitrogens is 1. The first-order valence-corrected chi connectivity index (χ1v) is 13.8. The van der Waals surface area contributed by atoms with E-state index < -0.39 is 0 Å². The summed E-state index contributed by atoms with van der Waals surface area (Å²) in [5.74, 6) is 3.83. The van der Waals surface area contributed by atoms with Crippen LogP contribution in [0.25, 0.3) is 0 Å². The fourth-order valence-corrected chi connectivity index (χ4v) is 9.38. The number of hydrogen-bond acceptors (Lipinski definition) is 4. The van der Waals surface area contributed by atoms with E-state index in [0.29, 0.717) is 47.7 Å². The number of amides is 1. The molecule has 4 saturated carbocycles. The monoisotopic (exact) mass is 468 g/mol. The normalized spacial score (nSPS) is 44.4. The molecule has 4 aliphatic carbocycles. The van der Waals surface area contributed by atoms with Gasteiger partial charge >= 0.3 is 0 Å². The first kappa shape index (κ1) is 24.2. The van der Waals surface area contributed by atoms with Crippen LogP contribution in [0.2, 0.25) is 0 Å². The largest absolute Gasteiger partial charge is 0.393 e. The van der Waals surface area contributed by atoms with E-state index in [1.54, 1.807) is 6.20 Å². The highest BCUT2D eigenvalue weighted by molar-refractivity contribution is 5.89. The summed E-state index contributed by atoms with van der Waals surface area (Å²) in [7, 11) is 0. The number of anilines is 1. The summed E-state index contributed by atoms with van der Waals surface area (Å²) in [4.78, 5) is 16.7.